The fourth-order valence-electron chi connectivity index (χ4n) is 2.21. The van der Waals surface area contributed by atoms with Crippen LogP contribution >= 0.6 is 27.5 Å². The molecule has 0 unspecified atom stereocenters. The van der Waals surface area contributed by atoms with Crippen molar-refractivity contribution >= 4 is 44.3 Å². The summed E-state index contributed by atoms with van der Waals surface area (Å²) in [5.74, 6) is -0.506. The number of benzene rings is 2. The molecule has 2 aromatic carbocycles. The van der Waals surface area contributed by atoms with E-state index >= 15 is 0 Å². The Morgan fingerprint density at radius 3 is 2.71 bits per heavy atom. The van der Waals surface area contributed by atoms with Gasteiger partial charge in [0.1, 0.15) is 11.4 Å². The first-order valence-corrected chi connectivity index (χ1v) is 7.33. The van der Waals surface area contributed by atoms with E-state index in [1.165, 1.54) is 18.2 Å². The SMILES string of the molecule is Cc1c(C(=O)c2ccc(Br)cc2Cl)oc2ccc(F)cc12. The maximum Gasteiger partial charge on any atom is 0.229 e. The maximum absolute atomic E-state index is 13.3. The molecule has 3 rings (SSSR count). The number of aryl methyl sites for hydroxylation is 1. The van der Waals surface area contributed by atoms with Crippen LogP contribution in [0.5, 0.6) is 0 Å². The monoisotopic (exact) mass is 366 g/mol. The summed E-state index contributed by atoms with van der Waals surface area (Å²) in [6, 6.07) is 9.17. The summed E-state index contributed by atoms with van der Waals surface area (Å²) < 4.78 is 19.7. The van der Waals surface area contributed by atoms with Crippen molar-refractivity contribution in [1.82, 2.24) is 0 Å². The van der Waals surface area contributed by atoms with Crippen LogP contribution in [0.4, 0.5) is 4.39 Å². The normalized spacial score (nSPS) is 11.0. The van der Waals surface area contributed by atoms with Gasteiger partial charge in [-0.2, -0.15) is 0 Å². The number of hydrogen-bond donors (Lipinski definition) is 0. The van der Waals surface area contributed by atoms with Crippen molar-refractivity contribution in [3.63, 3.8) is 0 Å². The Bertz CT molecular complexity index is 870. The van der Waals surface area contributed by atoms with Gasteiger partial charge in [0.05, 0.1) is 5.02 Å². The van der Waals surface area contributed by atoms with E-state index in [4.69, 9.17) is 16.0 Å². The number of halogens is 3. The zero-order valence-corrected chi connectivity index (χ0v) is 13.3. The summed E-state index contributed by atoms with van der Waals surface area (Å²) in [6.45, 7) is 1.73. The fraction of sp³-hybridized carbons (Fsp3) is 0.0625. The number of hydrogen-bond acceptors (Lipinski definition) is 2. The van der Waals surface area contributed by atoms with E-state index in [1.807, 2.05) is 0 Å². The first kappa shape index (κ1) is 14.3. The maximum atomic E-state index is 13.3. The second-order valence-electron chi connectivity index (χ2n) is 4.65. The molecule has 21 heavy (non-hydrogen) atoms. The molecule has 0 aliphatic carbocycles. The molecule has 0 aliphatic heterocycles. The van der Waals surface area contributed by atoms with Crippen molar-refractivity contribution < 1.29 is 13.6 Å². The molecule has 0 saturated heterocycles. The molecule has 0 aliphatic rings. The smallest absolute Gasteiger partial charge is 0.229 e. The van der Waals surface area contributed by atoms with E-state index in [0.29, 0.717) is 27.1 Å². The predicted octanol–water partition coefficient (Wildman–Crippen LogP) is 5.53. The van der Waals surface area contributed by atoms with E-state index in [-0.39, 0.29) is 17.4 Å². The largest absolute Gasteiger partial charge is 0.452 e. The van der Waals surface area contributed by atoms with Crippen LogP contribution in [0.2, 0.25) is 5.02 Å². The molecule has 0 radical (unpaired) electrons. The minimum Gasteiger partial charge on any atom is -0.452 e. The Balaban J connectivity index is 2.15. The van der Waals surface area contributed by atoms with Gasteiger partial charge >= 0.3 is 0 Å². The molecular weight excluding hydrogens is 359 g/mol. The van der Waals surface area contributed by atoms with E-state index < -0.39 is 0 Å². The van der Waals surface area contributed by atoms with Gasteiger partial charge in [-0.1, -0.05) is 27.5 Å². The minimum absolute atomic E-state index is 0.180. The molecule has 2 nitrogen and oxygen atoms in total. The van der Waals surface area contributed by atoms with Gasteiger partial charge in [0.15, 0.2) is 5.76 Å². The van der Waals surface area contributed by atoms with Gasteiger partial charge in [-0.05, 0) is 43.3 Å². The topological polar surface area (TPSA) is 30.2 Å². The Hall–Kier alpha value is -1.65. The minimum atomic E-state index is -0.368. The second kappa shape index (κ2) is 5.28. The summed E-state index contributed by atoms with van der Waals surface area (Å²) in [5.41, 5.74) is 1.43. The molecule has 106 valence electrons. The number of fused-ring (bicyclic) bond motifs is 1. The summed E-state index contributed by atoms with van der Waals surface area (Å²) >= 11 is 9.39. The molecule has 5 heteroatoms. The lowest BCUT2D eigenvalue weighted by Crippen LogP contribution is -2.02. The summed E-state index contributed by atoms with van der Waals surface area (Å²) in [4.78, 5) is 12.6. The lowest BCUT2D eigenvalue weighted by atomic mass is 10.0. The third kappa shape index (κ3) is 2.49. The van der Waals surface area contributed by atoms with Gasteiger partial charge in [0.2, 0.25) is 5.78 Å². The van der Waals surface area contributed by atoms with Crippen LogP contribution in [0.1, 0.15) is 21.7 Å². The Morgan fingerprint density at radius 2 is 2.00 bits per heavy atom. The van der Waals surface area contributed by atoms with Gasteiger partial charge in [0.25, 0.3) is 0 Å². The van der Waals surface area contributed by atoms with Crippen molar-refractivity contribution in [1.29, 1.82) is 0 Å². The third-order valence-corrected chi connectivity index (χ3v) is 4.09. The molecule has 0 atom stereocenters. The number of rotatable bonds is 2. The first-order chi connectivity index (χ1) is 9.97. The van der Waals surface area contributed by atoms with Crippen molar-refractivity contribution in [3.05, 3.63) is 68.6 Å². The van der Waals surface area contributed by atoms with Gasteiger partial charge in [0, 0.05) is 21.0 Å². The second-order valence-corrected chi connectivity index (χ2v) is 5.97. The van der Waals surface area contributed by atoms with Gasteiger partial charge in [-0.25, -0.2) is 4.39 Å². The Labute approximate surface area is 133 Å². The Kier molecular flexibility index (Phi) is 3.59. The molecule has 0 spiro atoms. The standard InChI is InChI=1S/C16H9BrClFO2/c1-8-12-7-10(19)3-5-14(12)21-16(8)15(20)11-4-2-9(17)6-13(11)18/h2-7H,1H3. The molecule has 0 N–H and O–H groups in total. The highest BCUT2D eigenvalue weighted by Gasteiger charge is 2.21. The van der Waals surface area contributed by atoms with Crippen LogP contribution in [0.15, 0.2) is 45.3 Å². The predicted molar refractivity (Wildman–Crippen MR) is 83.5 cm³/mol. The van der Waals surface area contributed by atoms with E-state index in [2.05, 4.69) is 15.9 Å². The van der Waals surface area contributed by atoms with E-state index in [0.717, 1.165) is 4.47 Å². The molecular formula is C16H9BrClFO2. The average Bonchev–Trinajstić information content (AvgIpc) is 2.75. The number of carbonyl (C=O) groups excluding carboxylic acids is 1. The third-order valence-electron chi connectivity index (χ3n) is 3.28. The van der Waals surface area contributed by atoms with Crippen molar-refractivity contribution in [2.75, 3.05) is 0 Å². The average molecular weight is 368 g/mol. The number of ketones is 1. The molecule has 0 bridgehead atoms. The van der Waals surface area contributed by atoms with E-state index in [1.54, 1.807) is 25.1 Å². The molecule has 0 saturated carbocycles. The molecule has 1 heterocycles. The zero-order chi connectivity index (χ0) is 15.1. The number of furan rings is 1. The van der Waals surface area contributed by atoms with Gasteiger partial charge < -0.3 is 4.42 Å². The quantitative estimate of drug-likeness (QED) is 0.558. The van der Waals surface area contributed by atoms with Crippen molar-refractivity contribution in [2.24, 2.45) is 0 Å². The van der Waals surface area contributed by atoms with Gasteiger partial charge in [-0.3, -0.25) is 4.79 Å². The molecule has 3 aromatic rings. The highest BCUT2D eigenvalue weighted by Crippen LogP contribution is 2.30. The summed E-state index contributed by atoms with van der Waals surface area (Å²) in [7, 11) is 0. The highest BCUT2D eigenvalue weighted by atomic mass is 79.9. The van der Waals surface area contributed by atoms with Crippen LogP contribution in [0.25, 0.3) is 11.0 Å². The summed E-state index contributed by atoms with van der Waals surface area (Å²) in [6.07, 6.45) is 0. The Morgan fingerprint density at radius 1 is 1.24 bits per heavy atom. The summed E-state index contributed by atoms with van der Waals surface area (Å²) in [5, 5.41) is 0.923. The van der Waals surface area contributed by atoms with Crippen molar-refractivity contribution in [3.8, 4) is 0 Å². The lowest BCUT2D eigenvalue weighted by Gasteiger charge is -2.02. The highest BCUT2D eigenvalue weighted by molar-refractivity contribution is 9.10. The molecule has 0 fully saturated rings. The van der Waals surface area contributed by atoms with Crippen LogP contribution in [-0.4, -0.2) is 5.78 Å². The van der Waals surface area contributed by atoms with Crippen molar-refractivity contribution in [2.45, 2.75) is 6.92 Å². The molecule has 0 amide bonds. The van der Waals surface area contributed by atoms with E-state index in [9.17, 15) is 9.18 Å². The lowest BCUT2D eigenvalue weighted by molar-refractivity contribution is 0.101. The number of carbonyl (C=O) groups is 1. The van der Waals surface area contributed by atoms with Crippen LogP contribution in [-0.2, 0) is 0 Å². The molecule has 1 aromatic heterocycles. The van der Waals surface area contributed by atoms with Crippen LogP contribution < -0.4 is 0 Å². The first-order valence-electron chi connectivity index (χ1n) is 6.16. The van der Waals surface area contributed by atoms with Crippen LogP contribution in [0.3, 0.4) is 0 Å². The van der Waals surface area contributed by atoms with Gasteiger partial charge in [-0.15, -0.1) is 0 Å². The fourth-order valence-corrected chi connectivity index (χ4v) is 2.96. The van der Waals surface area contributed by atoms with Crippen LogP contribution in [0, 0.1) is 12.7 Å². The zero-order valence-electron chi connectivity index (χ0n) is 10.9.